The number of amides is 1. The van der Waals surface area contributed by atoms with Crippen LogP contribution in [0.2, 0.25) is 0 Å². The van der Waals surface area contributed by atoms with Crippen molar-refractivity contribution in [2.75, 3.05) is 56.7 Å². The summed E-state index contributed by atoms with van der Waals surface area (Å²) in [5.74, 6) is 0.519. The summed E-state index contributed by atoms with van der Waals surface area (Å²) in [6.45, 7) is 4.41. The summed E-state index contributed by atoms with van der Waals surface area (Å²) < 4.78 is 48.6. The second kappa shape index (κ2) is 14.3. The third-order valence-electron chi connectivity index (χ3n) is 8.05. The van der Waals surface area contributed by atoms with Gasteiger partial charge in [-0.05, 0) is 93.9 Å². The lowest BCUT2D eigenvalue weighted by atomic mass is 9.90. The van der Waals surface area contributed by atoms with Gasteiger partial charge in [0.25, 0.3) is 0 Å². The molecule has 2 aromatic rings. The van der Waals surface area contributed by atoms with Crippen molar-refractivity contribution in [2.45, 2.75) is 43.4 Å². The summed E-state index contributed by atoms with van der Waals surface area (Å²) in [5, 5.41) is 0. The van der Waals surface area contributed by atoms with E-state index in [1.807, 2.05) is 47.4 Å². The molecule has 11 heteroatoms. The molecular formula is C29H42ClN3O5S2. The molecule has 0 bridgehead atoms. The Bertz CT molecular complexity index is 1310. The molecule has 2 heterocycles. The third-order valence-corrected chi connectivity index (χ3v) is 10.5. The van der Waals surface area contributed by atoms with Gasteiger partial charge in [-0.15, -0.1) is 12.4 Å². The number of para-hydroxylation sites is 1. The van der Waals surface area contributed by atoms with Crippen molar-refractivity contribution in [1.82, 2.24) is 9.21 Å². The number of sulfonamides is 1. The molecule has 4 rings (SSSR count). The summed E-state index contributed by atoms with van der Waals surface area (Å²) in [5.41, 5.74) is 2.08. The molecule has 8 nitrogen and oxygen atoms in total. The number of hydrogen-bond donors (Lipinski definition) is 0. The van der Waals surface area contributed by atoms with Crippen LogP contribution in [0.5, 0.6) is 0 Å². The van der Waals surface area contributed by atoms with Crippen molar-refractivity contribution >= 4 is 43.9 Å². The zero-order valence-electron chi connectivity index (χ0n) is 23.4. The van der Waals surface area contributed by atoms with E-state index >= 15 is 0 Å². The number of halogens is 1. The summed E-state index contributed by atoms with van der Waals surface area (Å²) in [4.78, 5) is 18.3. The standard InChI is InChI=1S/C29H41N3O5S2.ClH/c1-38(34,35)28-11-9-24(10-12-28)23-25-13-19-30(20-14-25)17-6-18-32(27-7-4-3-5-8-27)29(33)26-15-21-31(22-16-26)39(2,36)37;/h3-5,7-12,25-26H,6,13-23H2,1-2H3;1H. The Morgan fingerprint density at radius 1 is 0.850 bits per heavy atom. The Morgan fingerprint density at radius 3 is 2.00 bits per heavy atom. The largest absolute Gasteiger partial charge is 0.312 e. The number of sulfone groups is 1. The van der Waals surface area contributed by atoms with Crippen molar-refractivity contribution < 1.29 is 21.6 Å². The van der Waals surface area contributed by atoms with Gasteiger partial charge >= 0.3 is 0 Å². The Balaban J connectivity index is 0.00000441. The lowest BCUT2D eigenvalue weighted by Gasteiger charge is -2.34. The van der Waals surface area contributed by atoms with Crippen molar-refractivity contribution in [3.8, 4) is 0 Å². The van der Waals surface area contributed by atoms with E-state index < -0.39 is 19.9 Å². The molecule has 0 saturated carbocycles. The van der Waals surface area contributed by atoms with Gasteiger partial charge in [0.2, 0.25) is 15.9 Å². The van der Waals surface area contributed by atoms with Crippen LogP contribution in [0.4, 0.5) is 5.69 Å². The fourth-order valence-corrected chi connectivity index (χ4v) is 7.21. The van der Waals surface area contributed by atoms with Gasteiger partial charge in [-0.1, -0.05) is 30.3 Å². The van der Waals surface area contributed by atoms with E-state index in [0.717, 1.165) is 51.0 Å². The van der Waals surface area contributed by atoms with E-state index in [0.29, 0.717) is 43.3 Å². The first-order chi connectivity index (χ1) is 18.5. The van der Waals surface area contributed by atoms with Crippen molar-refractivity contribution in [3.63, 3.8) is 0 Å². The highest BCUT2D eigenvalue weighted by Crippen LogP contribution is 2.26. The first-order valence-corrected chi connectivity index (χ1v) is 17.6. The molecular weight excluding hydrogens is 570 g/mol. The maximum absolute atomic E-state index is 13.5. The SMILES string of the molecule is CS(=O)(=O)c1ccc(CC2CCN(CCCN(C(=O)C3CCN(S(C)(=O)=O)CC3)c3ccccc3)CC2)cc1.Cl. The number of likely N-dealkylation sites (tertiary alicyclic amines) is 1. The molecule has 0 aliphatic carbocycles. The topological polar surface area (TPSA) is 95.1 Å². The molecule has 1 amide bonds. The summed E-state index contributed by atoms with van der Waals surface area (Å²) in [6.07, 6.45) is 7.62. The van der Waals surface area contributed by atoms with Crippen LogP contribution in [0, 0.1) is 11.8 Å². The number of anilines is 1. The molecule has 2 saturated heterocycles. The average Bonchev–Trinajstić information content (AvgIpc) is 2.91. The first-order valence-electron chi connectivity index (χ1n) is 13.8. The van der Waals surface area contributed by atoms with Crippen LogP contribution in [0.15, 0.2) is 59.5 Å². The highest BCUT2D eigenvalue weighted by Gasteiger charge is 2.32. The van der Waals surface area contributed by atoms with Gasteiger partial charge in [0.1, 0.15) is 0 Å². The van der Waals surface area contributed by atoms with Crippen molar-refractivity contribution in [1.29, 1.82) is 0 Å². The molecule has 0 atom stereocenters. The lowest BCUT2D eigenvalue weighted by Crippen LogP contribution is -2.45. The number of carbonyl (C=O) groups is 1. The zero-order chi connectivity index (χ0) is 28.0. The maximum atomic E-state index is 13.5. The third kappa shape index (κ3) is 9.01. The molecule has 2 aliphatic rings. The fraction of sp³-hybridized carbons (Fsp3) is 0.552. The van der Waals surface area contributed by atoms with Gasteiger partial charge < -0.3 is 9.80 Å². The number of carbonyl (C=O) groups excluding carboxylic acids is 1. The molecule has 2 aromatic carbocycles. The number of piperidine rings is 2. The Labute approximate surface area is 246 Å². The molecule has 222 valence electrons. The Kier molecular flexibility index (Phi) is 11.6. The maximum Gasteiger partial charge on any atom is 0.230 e. The van der Waals surface area contributed by atoms with Gasteiger partial charge in [0.15, 0.2) is 9.84 Å². The van der Waals surface area contributed by atoms with Gasteiger partial charge in [-0.25, -0.2) is 21.1 Å². The van der Waals surface area contributed by atoms with E-state index in [9.17, 15) is 21.6 Å². The first kappa shape index (κ1) is 32.5. The molecule has 2 fully saturated rings. The predicted molar refractivity (Wildman–Crippen MR) is 162 cm³/mol. The molecule has 0 unspecified atom stereocenters. The van der Waals surface area contributed by atoms with Crippen LogP contribution in [-0.4, -0.2) is 83.7 Å². The van der Waals surface area contributed by atoms with Gasteiger partial charge in [-0.3, -0.25) is 4.79 Å². The minimum absolute atomic E-state index is 0. The quantitative estimate of drug-likeness (QED) is 0.405. The van der Waals surface area contributed by atoms with Gasteiger partial charge in [0, 0.05) is 37.5 Å². The second-order valence-electron chi connectivity index (χ2n) is 11.0. The molecule has 2 aliphatic heterocycles. The molecule has 40 heavy (non-hydrogen) atoms. The molecule has 0 radical (unpaired) electrons. The highest BCUT2D eigenvalue weighted by atomic mass is 35.5. The number of benzene rings is 2. The van der Waals surface area contributed by atoms with Crippen molar-refractivity contribution in [2.24, 2.45) is 11.8 Å². The second-order valence-corrected chi connectivity index (χ2v) is 15.0. The minimum atomic E-state index is -3.22. The normalized spacial score (nSPS) is 18.2. The zero-order valence-corrected chi connectivity index (χ0v) is 25.9. The van der Waals surface area contributed by atoms with Crippen LogP contribution < -0.4 is 4.90 Å². The van der Waals surface area contributed by atoms with E-state index in [1.165, 1.54) is 22.4 Å². The average molecular weight is 612 g/mol. The van der Waals surface area contributed by atoms with E-state index in [1.54, 1.807) is 12.1 Å². The van der Waals surface area contributed by atoms with E-state index in [2.05, 4.69) is 4.90 Å². The van der Waals surface area contributed by atoms with Crippen LogP contribution in [0.3, 0.4) is 0 Å². The number of hydrogen-bond acceptors (Lipinski definition) is 6. The van der Waals surface area contributed by atoms with E-state index in [4.69, 9.17) is 0 Å². The predicted octanol–water partition coefficient (Wildman–Crippen LogP) is 3.86. The van der Waals surface area contributed by atoms with Crippen molar-refractivity contribution in [3.05, 3.63) is 60.2 Å². The monoisotopic (exact) mass is 611 g/mol. The smallest absolute Gasteiger partial charge is 0.230 e. The Hall–Kier alpha value is -1.98. The van der Waals surface area contributed by atoms with Crippen LogP contribution >= 0.6 is 12.4 Å². The Morgan fingerprint density at radius 2 is 1.45 bits per heavy atom. The number of nitrogens with zero attached hydrogens (tertiary/aromatic N) is 3. The van der Waals surface area contributed by atoms with Gasteiger partial charge in [-0.2, -0.15) is 0 Å². The molecule has 0 N–H and O–H groups in total. The minimum Gasteiger partial charge on any atom is -0.312 e. The summed E-state index contributed by atoms with van der Waals surface area (Å²) >= 11 is 0. The molecule has 0 spiro atoms. The number of rotatable bonds is 10. The van der Waals surface area contributed by atoms with Crippen LogP contribution in [-0.2, 0) is 31.1 Å². The summed E-state index contributed by atoms with van der Waals surface area (Å²) in [7, 11) is -6.39. The highest BCUT2D eigenvalue weighted by molar-refractivity contribution is 7.90. The van der Waals surface area contributed by atoms with Gasteiger partial charge in [0.05, 0.1) is 11.2 Å². The van der Waals surface area contributed by atoms with Crippen LogP contribution in [0.25, 0.3) is 0 Å². The van der Waals surface area contributed by atoms with Crippen LogP contribution in [0.1, 0.15) is 37.7 Å². The molecule has 0 aromatic heterocycles. The van der Waals surface area contributed by atoms with E-state index in [-0.39, 0.29) is 24.2 Å². The lowest BCUT2D eigenvalue weighted by molar-refractivity contribution is -0.123. The fourth-order valence-electron chi connectivity index (χ4n) is 5.70. The summed E-state index contributed by atoms with van der Waals surface area (Å²) in [6, 6.07) is 17.0.